The summed E-state index contributed by atoms with van der Waals surface area (Å²) >= 11 is 0. The molecule has 0 bridgehead atoms. The fourth-order valence-corrected chi connectivity index (χ4v) is 3.62. The van der Waals surface area contributed by atoms with Gasteiger partial charge in [-0.15, -0.1) is 0 Å². The molecule has 6 heteroatoms. The van der Waals surface area contributed by atoms with Gasteiger partial charge in [0.25, 0.3) is 5.91 Å². The Morgan fingerprint density at radius 2 is 1.62 bits per heavy atom. The minimum absolute atomic E-state index is 0.0513. The summed E-state index contributed by atoms with van der Waals surface area (Å²) in [5.74, 6) is 1.29. The molecule has 0 saturated heterocycles. The zero-order chi connectivity index (χ0) is 22.5. The van der Waals surface area contributed by atoms with Gasteiger partial charge in [0.15, 0.2) is 0 Å². The predicted octanol–water partition coefficient (Wildman–Crippen LogP) is 4.88. The molecule has 0 saturated carbocycles. The quantitative estimate of drug-likeness (QED) is 0.579. The predicted molar refractivity (Wildman–Crippen MR) is 122 cm³/mol. The highest BCUT2D eigenvalue weighted by molar-refractivity contribution is 5.93. The standard InChI is InChI=1S/C26H26N2O4/c1-27(2)25(29)21-9-11-23(12-10-21)32-24-13-8-20-14-15-28(17-22(20)16-24)26(30)31-18-19-6-4-3-5-7-19/h3-13,16H,14-15,17-18H2,1-2H3. The molecular formula is C26H26N2O4. The summed E-state index contributed by atoms with van der Waals surface area (Å²) < 4.78 is 11.5. The fraction of sp³-hybridized carbons (Fsp3) is 0.231. The van der Waals surface area contributed by atoms with Crippen LogP contribution in [0.3, 0.4) is 0 Å². The molecule has 164 valence electrons. The van der Waals surface area contributed by atoms with Crippen LogP contribution < -0.4 is 4.74 Å². The zero-order valence-electron chi connectivity index (χ0n) is 18.3. The SMILES string of the molecule is CN(C)C(=O)c1ccc(Oc2ccc3c(c2)CN(C(=O)OCc2ccccc2)CC3)cc1. The van der Waals surface area contributed by atoms with Crippen molar-refractivity contribution in [2.45, 2.75) is 19.6 Å². The molecule has 1 aliphatic heterocycles. The lowest BCUT2D eigenvalue weighted by atomic mass is 10.00. The number of rotatable bonds is 5. The lowest BCUT2D eigenvalue weighted by Gasteiger charge is -2.28. The molecule has 1 heterocycles. The number of hydrogen-bond acceptors (Lipinski definition) is 4. The van der Waals surface area contributed by atoms with Crippen molar-refractivity contribution < 1.29 is 19.1 Å². The molecule has 0 atom stereocenters. The van der Waals surface area contributed by atoms with Crippen molar-refractivity contribution in [3.63, 3.8) is 0 Å². The van der Waals surface area contributed by atoms with Gasteiger partial charge in [0, 0.05) is 32.7 Å². The molecule has 0 aliphatic carbocycles. The first-order valence-electron chi connectivity index (χ1n) is 10.6. The molecule has 0 fully saturated rings. The van der Waals surface area contributed by atoms with E-state index in [1.54, 1.807) is 43.3 Å². The maximum Gasteiger partial charge on any atom is 0.410 e. The summed E-state index contributed by atoms with van der Waals surface area (Å²) in [7, 11) is 3.45. The van der Waals surface area contributed by atoms with E-state index in [-0.39, 0.29) is 18.6 Å². The molecule has 0 unspecified atom stereocenters. The van der Waals surface area contributed by atoms with Crippen LogP contribution in [-0.4, -0.2) is 42.4 Å². The highest BCUT2D eigenvalue weighted by Crippen LogP contribution is 2.28. The Balaban J connectivity index is 1.39. The van der Waals surface area contributed by atoms with Gasteiger partial charge in [-0.05, 0) is 59.5 Å². The smallest absolute Gasteiger partial charge is 0.410 e. The van der Waals surface area contributed by atoms with E-state index in [4.69, 9.17) is 9.47 Å². The van der Waals surface area contributed by atoms with Crippen LogP contribution in [0, 0.1) is 0 Å². The molecule has 32 heavy (non-hydrogen) atoms. The molecular weight excluding hydrogens is 404 g/mol. The second kappa shape index (κ2) is 9.56. The van der Waals surface area contributed by atoms with Gasteiger partial charge in [-0.3, -0.25) is 4.79 Å². The topological polar surface area (TPSA) is 59.1 Å². The average molecular weight is 431 g/mol. The Hall–Kier alpha value is -3.80. The van der Waals surface area contributed by atoms with Gasteiger partial charge in [0.2, 0.25) is 0 Å². The maximum atomic E-state index is 12.5. The van der Waals surface area contributed by atoms with Crippen molar-refractivity contribution >= 4 is 12.0 Å². The van der Waals surface area contributed by atoms with Gasteiger partial charge in [-0.25, -0.2) is 4.79 Å². The van der Waals surface area contributed by atoms with E-state index in [1.165, 1.54) is 10.5 Å². The summed E-state index contributed by atoms with van der Waals surface area (Å²) in [6.07, 6.45) is 0.462. The second-order valence-corrected chi connectivity index (χ2v) is 7.97. The van der Waals surface area contributed by atoms with Gasteiger partial charge < -0.3 is 19.3 Å². The van der Waals surface area contributed by atoms with Gasteiger partial charge >= 0.3 is 6.09 Å². The lowest BCUT2D eigenvalue weighted by molar-refractivity contribution is 0.0827. The fourth-order valence-electron chi connectivity index (χ4n) is 3.62. The number of hydrogen-bond donors (Lipinski definition) is 0. The van der Waals surface area contributed by atoms with Crippen molar-refractivity contribution in [3.05, 3.63) is 95.1 Å². The number of benzene rings is 3. The average Bonchev–Trinajstić information content (AvgIpc) is 2.82. The van der Waals surface area contributed by atoms with Crippen LogP contribution in [0.25, 0.3) is 0 Å². The van der Waals surface area contributed by atoms with E-state index in [0.29, 0.717) is 30.2 Å². The van der Waals surface area contributed by atoms with Crippen molar-refractivity contribution in [2.24, 2.45) is 0 Å². The number of amides is 2. The monoisotopic (exact) mass is 430 g/mol. The third kappa shape index (κ3) is 5.09. The van der Waals surface area contributed by atoms with Crippen molar-refractivity contribution in [3.8, 4) is 11.5 Å². The summed E-state index contributed by atoms with van der Waals surface area (Å²) in [5, 5.41) is 0. The Morgan fingerprint density at radius 3 is 2.34 bits per heavy atom. The minimum Gasteiger partial charge on any atom is -0.457 e. The molecule has 1 aliphatic rings. The Kier molecular flexibility index (Phi) is 6.40. The van der Waals surface area contributed by atoms with Crippen LogP contribution in [0.4, 0.5) is 4.79 Å². The summed E-state index contributed by atoms with van der Waals surface area (Å²) in [5.41, 5.74) is 3.82. The number of carbonyl (C=O) groups is 2. The normalized spacial score (nSPS) is 12.6. The van der Waals surface area contributed by atoms with E-state index in [9.17, 15) is 9.59 Å². The largest absolute Gasteiger partial charge is 0.457 e. The van der Waals surface area contributed by atoms with E-state index in [1.807, 2.05) is 48.5 Å². The Bertz CT molecular complexity index is 1090. The van der Waals surface area contributed by atoms with E-state index in [0.717, 1.165) is 17.5 Å². The number of ether oxygens (including phenoxy) is 2. The Morgan fingerprint density at radius 1 is 0.906 bits per heavy atom. The highest BCUT2D eigenvalue weighted by Gasteiger charge is 2.22. The van der Waals surface area contributed by atoms with Gasteiger partial charge in [-0.2, -0.15) is 0 Å². The Labute approximate surface area is 188 Å². The van der Waals surface area contributed by atoms with Crippen LogP contribution in [0.5, 0.6) is 11.5 Å². The minimum atomic E-state index is -0.313. The van der Waals surface area contributed by atoms with Crippen molar-refractivity contribution in [1.82, 2.24) is 9.80 Å². The molecule has 0 aromatic heterocycles. The van der Waals surface area contributed by atoms with Crippen molar-refractivity contribution in [2.75, 3.05) is 20.6 Å². The lowest BCUT2D eigenvalue weighted by Crippen LogP contribution is -2.36. The number of fused-ring (bicyclic) bond motifs is 1. The number of nitrogens with zero attached hydrogens (tertiary/aromatic N) is 2. The van der Waals surface area contributed by atoms with Gasteiger partial charge in [0.05, 0.1) is 0 Å². The number of carbonyl (C=O) groups excluding carboxylic acids is 2. The van der Waals surface area contributed by atoms with E-state index >= 15 is 0 Å². The molecule has 0 N–H and O–H groups in total. The molecule has 3 aromatic rings. The molecule has 0 radical (unpaired) electrons. The van der Waals surface area contributed by atoms with Crippen LogP contribution in [0.1, 0.15) is 27.0 Å². The molecule has 3 aromatic carbocycles. The van der Waals surface area contributed by atoms with Crippen molar-refractivity contribution in [1.29, 1.82) is 0 Å². The van der Waals surface area contributed by atoms with Crippen LogP contribution in [0.15, 0.2) is 72.8 Å². The summed E-state index contributed by atoms with van der Waals surface area (Å²) in [4.78, 5) is 27.8. The van der Waals surface area contributed by atoms with Crippen LogP contribution >= 0.6 is 0 Å². The first kappa shape index (κ1) is 21.4. The first-order chi connectivity index (χ1) is 15.5. The summed E-state index contributed by atoms with van der Waals surface area (Å²) in [6, 6.07) is 22.7. The van der Waals surface area contributed by atoms with Gasteiger partial charge in [0.1, 0.15) is 18.1 Å². The first-order valence-corrected chi connectivity index (χ1v) is 10.6. The molecule has 4 rings (SSSR count). The van der Waals surface area contributed by atoms with E-state index < -0.39 is 0 Å². The molecule has 2 amide bonds. The van der Waals surface area contributed by atoms with Crippen LogP contribution in [-0.2, 0) is 24.3 Å². The molecule has 0 spiro atoms. The second-order valence-electron chi connectivity index (χ2n) is 7.97. The maximum absolute atomic E-state index is 12.5. The van der Waals surface area contributed by atoms with E-state index in [2.05, 4.69) is 0 Å². The third-order valence-electron chi connectivity index (χ3n) is 5.40. The van der Waals surface area contributed by atoms with Crippen LogP contribution in [0.2, 0.25) is 0 Å². The summed E-state index contributed by atoms with van der Waals surface area (Å²) in [6.45, 7) is 1.37. The third-order valence-corrected chi connectivity index (χ3v) is 5.40. The highest BCUT2D eigenvalue weighted by atomic mass is 16.6. The molecule has 6 nitrogen and oxygen atoms in total. The van der Waals surface area contributed by atoms with Gasteiger partial charge in [-0.1, -0.05) is 36.4 Å². The zero-order valence-corrected chi connectivity index (χ0v) is 18.3.